The second kappa shape index (κ2) is 38.8. The fraction of sp³-hybridized carbons (Fsp3) is 0.638. The van der Waals surface area contributed by atoms with Crippen molar-refractivity contribution < 1.29 is 97.5 Å². The number of ether oxygens (including phenoxy) is 7. The lowest BCUT2D eigenvalue weighted by atomic mass is 9.75. The lowest BCUT2D eigenvalue weighted by molar-refractivity contribution is -0.437. The summed E-state index contributed by atoms with van der Waals surface area (Å²) in [6, 6.07) is 5.59. The average Bonchev–Trinajstić information content (AvgIpc) is 1.73. The van der Waals surface area contributed by atoms with Crippen LogP contribution in [0.1, 0.15) is 114 Å². The number of carbonyl (C=O) groups is 6. The minimum absolute atomic E-state index is 0.0429. The van der Waals surface area contributed by atoms with E-state index in [4.69, 9.17) is 33.2 Å². The fourth-order valence-corrected chi connectivity index (χ4v) is 15.7. The molecule has 6 aliphatic heterocycles. The van der Waals surface area contributed by atoms with Crippen LogP contribution in [-0.4, -0.2) is 243 Å². The van der Waals surface area contributed by atoms with E-state index in [1.807, 2.05) is 41.5 Å². The molecule has 560 valence electrons. The Morgan fingerprint density at radius 2 is 1.39 bits per heavy atom. The molecule has 101 heavy (non-hydrogen) atoms. The molecule has 5 atom stereocenters. The Kier molecular flexibility index (Phi) is 30.8. The highest BCUT2D eigenvalue weighted by Gasteiger charge is 2.48. The molecule has 2 aromatic carbocycles. The molecule has 8 rings (SSSR count). The highest BCUT2D eigenvalue weighted by Crippen LogP contribution is 2.50. The van der Waals surface area contributed by atoms with Crippen LogP contribution in [0.5, 0.6) is 5.75 Å². The van der Waals surface area contributed by atoms with E-state index in [-0.39, 0.29) is 164 Å². The van der Waals surface area contributed by atoms with E-state index in [9.17, 15) is 59.8 Å². The number of anilines is 1. The Bertz CT molecular complexity index is 3580. The molecular weight excluding hydrogens is 1370 g/mol. The number of aliphatic hydroxyl groups is 1. The first-order valence-electron chi connectivity index (χ1n) is 34.9. The minimum atomic E-state index is -4.64. The second-order valence-corrected chi connectivity index (χ2v) is 31.1. The molecule has 0 aliphatic carbocycles. The second-order valence-electron chi connectivity index (χ2n) is 26.9. The normalized spacial score (nSPS) is 19.9. The Labute approximate surface area is 596 Å². The van der Waals surface area contributed by atoms with Crippen LogP contribution in [0.15, 0.2) is 59.2 Å². The number of unbranched alkanes of at least 4 members (excludes halogenated alkanes) is 1. The van der Waals surface area contributed by atoms with Gasteiger partial charge in [0.2, 0.25) is 35.2 Å². The summed E-state index contributed by atoms with van der Waals surface area (Å²) in [4.78, 5) is 76.3. The van der Waals surface area contributed by atoms with Gasteiger partial charge in [0.1, 0.15) is 37.3 Å². The van der Waals surface area contributed by atoms with Crippen LogP contribution in [0, 0.1) is 5.41 Å². The molecule has 0 bridgehead atoms. The molecule has 0 aromatic heterocycles. The summed E-state index contributed by atoms with van der Waals surface area (Å²) in [5.41, 5.74) is 6.40. The molecule has 3 unspecified atom stereocenters. The summed E-state index contributed by atoms with van der Waals surface area (Å²) in [5, 5.41) is 29.3. The molecule has 2 saturated heterocycles. The van der Waals surface area contributed by atoms with Gasteiger partial charge in [0.15, 0.2) is 5.71 Å². The summed E-state index contributed by atoms with van der Waals surface area (Å²) < 4.78 is 111. The van der Waals surface area contributed by atoms with Crippen molar-refractivity contribution in [2.24, 2.45) is 5.41 Å². The maximum absolute atomic E-state index is 13.3. The predicted octanol–water partition coefficient (Wildman–Crippen LogP) is 3.17. The minimum Gasteiger partial charge on any atom is -0.460 e. The molecule has 6 aliphatic rings. The van der Waals surface area contributed by atoms with E-state index < -0.39 is 55.9 Å². The number of allylic oxidation sites excluding steroid dienone is 6. The van der Waals surface area contributed by atoms with Crippen LogP contribution < -0.4 is 46.9 Å². The van der Waals surface area contributed by atoms with Gasteiger partial charge in [-0.1, -0.05) is 39.3 Å². The molecule has 7 amide bonds. The summed E-state index contributed by atoms with van der Waals surface area (Å²) >= 11 is 1.85. The van der Waals surface area contributed by atoms with Gasteiger partial charge in [-0.05, 0) is 93.7 Å². The zero-order valence-electron chi connectivity index (χ0n) is 58.4. The van der Waals surface area contributed by atoms with E-state index in [0.717, 1.165) is 86.4 Å². The number of carbonyl (C=O) groups excluding carboxylic acids is 6. The van der Waals surface area contributed by atoms with Crippen molar-refractivity contribution in [2.45, 2.75) is 138 Å². The van der Waals surface area contributed by atoms with Crippen LogP contribution in [0.3, 0.4) is 0 Å². The van der Waals surface area contributed by atoms with Crippen LogP contribution in [0.25, 0.3) is 5.57 Å². The lowest BCUT2D eigenvalue weighted by Gasteiger charge is -2.40. The smallest absolute Gasteiger partial charge is 0.315 e. The number of nitrogens with one attached hydrogen (secondary N) is 7. The van der Waals surface area contributed by atoms with Crippen LogP contribution in [0.2, 0.25) is 0 Å². The topological polar surface area (TPSA) is 386 Å². The quantitative estimate of drug-likeness (QED) is 0.0197. The molecule has 10 N–H and O–H groups in total. The molecule has 29 nitrogen and oxygen atoms in total. The number of hydrogen-bond acceptors (Lipinski definition) is 20. The maximum atomic E-state index is 13.3. The number of benzene rings is 2. The molecule has 0 spiro atoms. The molecule has 2 aromatic rings. The van der Waals surface area contributed by atoms with E-state index in [1.54, 1.807) is 6.07 Å². The van der Waals surface area contributed by atoms with Crippen LogP contribution in [-0.2, 0) is 90.9 Å². The fourth-order valence-electron chi connectivity index (χ4n) is 13.2. The van der Waals surface area contributed by atoms with Gasteiger partial charge in [0.05, 0.1) is 101 Å². The van der Waals surface area contributed by atoms with Crippen LogP contribution in [0.4, 0.5) is 16.2 Å². The number of amides is 7. The van der Waals surface area contributed by atoms with Gasteiger partial charge in [-0.3, -0.25) is 33.1 Å². The number of aryl methyl sites for hydroxylation is 1. The molecular formula is C69H102N9O20S3+. The summed E-state index contributed by atoms with van der Waals surface area (Å²) in [6.45, 7) is 11.8. The van der Waals surface area contributed by atoms with Crippen molar-refractivity contribution in [2.75, 3.05) is 148 Å². The van der Waals surface area contributed by atoms with Gasteiger partial charge < -0.3 is 80.4 Å². The first kappa shape index (κ1) is 80.1. The predicted molar refractivity (Wildman–Crippen MR) is 379 cm³/mol. The highest BCUT2D eigenvalue weighted by molar-refractivity contribution is 8.00. The standard InChI is InChI=1S/C69H101N9O20S3/c1-68(2,3)58-41-47(51-40-48-13-9-26-77-27-10-14-50(64(48)77)65(51)98-58)12-7-16-57-69(4,52-42-49(101(89,90)91)19-20-55(52)78(57)28-11-39-100(86,87)88)21-8-18-60(81)71-23-29-92-33-34-93-31-24-72-61(82)44-96-37-35-95-32-25-73-66(84)53(43-79)74-62(83)45-97-38-36-94-30-22-70-59(80)17-6-5-15-56-63-54(46-99-56)75-67(85)76-63/h7,12,16,19-20,40-42,53-54,56,63,79H,5-6,8-11,13-15,17-18,21-39,43-46H2,1-4H3,(H8-,70,71,72,73,74,75,76,80,81,82,83,84,85,86,87,88,89,90,91)/p+1/t53-,54?,56-,63?,69?/m0/s1. The molecule has 2 fully saturated rings. The first-order valence-corrected chi connectivity index (χ1v) is 39.0. The zero-order valence-corrected chi connectivity index (χ0v) is 60.8. The molecule has 0 radical (unpaired) electrons. The van der Waals surface area contributed by atoms with Gasteiger partial charge in [0.25, 0.3) is 20.2 Å². The summed E-state index contributed by atoms with van der Waals surface area (Å²) in [5.74, 6) is 0.194. The third-order valence-corrected chi connectivity index (χ3v) is 21.3. The van der Waals surface area contributed by atoms with Gasteiger partial charge >= 0.3 is 6.03 Å². The Morgan fingerprint density at radius 1 is 0.772 bits per heavy atom. The number of fused-ring (bicyclic) bond motifs is 4. The third kappa shape index (κ3) is 24.3. The summed E-state index contributed by atoms with van der Waals surface area (Å²) in [7, 11) is -8.95. The van der Waals surface area contributed by atoms with Crippen molar-refractivity contribution in [3.63, 3.8) is 0 Å². The van der Waals surface area contributed by atoms with Crippen molar-refractivity contribution in [1.82, 2.24) is 37.2 Å². The number of thioether (sulfide) groups is 1. The van der Waals surface area contributed by atoms with Crippen LogP contribution >= 0.6 is 11.8 Å². The maximum Gasteiger partial charge on any atom is 0.315 e. The SMILES string of the molecule is CC(C)(C)C1=CC(=CC=CC2=[N+](CCCS(=O)(=O)O)c3ccc(S(=O)(=O)O)cc3C2(C)CCCC(=O)NCCOCCOCCNC(=O)COCCOCCNC(=O)[C@H](CO)NC(=O)COCCOCCNC(=O)CCCC[C@@H]2SCC3NC(=O)NC32)c2cc3c4c(c2O1)CCCN4CCC3. The van der Waals surface area contributed by atoms with Gasteiger partial charge in [-0.2, -0.15) is 33.2 Å². The summed E-state index contributed by atoms with van der Waals surface area (Å²) in [6.07, 6.45) is 15.8. The lowest BCUT2D eigenvalue weighted by Crippen LogP contribution is -2.50. The number of rotatable bonds is 44. The van der Waals surface area contributed by atoms with E-state index >= 15 is 0 Å². The Balaban J connectivity index is 0.661. The first-order chi connectivity index (χ1) is 48.3. The number of hydrogen-bond donors (Lipinski definition) is 10. The van der Waals surface area contributed by atoms with Crippen molar-refractivity contribution in [3.05, 3.63) is 76.6 Å². The number of urea groups is 1. The highest BCUT2D eigenvalue weighted by atomic mass is 32.2. The van der Waals surface area contributed by atoms with E-state index in [0.29, 0.717) is 48.0 Å². The van der Waals surface area contributed by atoms with Gasteiger partial charge in [-0.25, -0.2) is 4.79 Å². The van der Waals surface area contributed by atoms with Crippen molar-refractivity contribution in [3.8, 4) is 5.75 Å². The molecule has 0 saturated carbocycles. The largest absolute Gasteiger partial charge is 0.460 e. The van der Waals surface area contributed by atoms with Gasteiger partial charge in [-0.15, -0.1) is 0 Å². The van der Waals surface area contributed by atoms with E-state index in [2.05, 4.69) is 75.0 Å². The Morgan fingerprint density at radius 3 is 2.02 bits per heavy atom. The molecule has 6 heterocycles. The third-order valence-electron chi connectivity index (χ3n) is 18.2. The average molecular weight is 1470 g/mol. The number of nitrogens with zero attached hydrogens (tertiary/aromatic N) is 2. The zero-order chi connectivity index (χ0) is 72.6. The van der Waals surface area contributed by atoms with Crippen molar-refractivity contribution in [1.29, 1.82) is 0 Å². The monoisotopic (exact) mass is 1470 g/mol. The molecule has 32 heteroatoms. The van der Waals surface area contributed by atoms with E-state index in [1.165, 1.54) is 28.9 Å². The number of aliphatic hydroxyl groups excluding tert-OH is 1. The Hall–Kier alpha value is -6.56. The van der Waals surface area contributed by atoms with Gasteiger partial charge in [0, 0.05) is 109 Å². The van der Waals surface area contributed by atoms with Crippen molar-refractivity contribution >= 4 is 90.2 Å².